The fourth-order valence-electron chi connectivity index (χ4n) is 2.28. The van der Waals surface area contributed by atoms with Gasteiger partial charge in [-0.25, -0.2) is 4.79 Å². The van der Waals surface area contributed by atoms with Crippen molar-refractivity contribution in [1.29, 1.82) is 0 Å². The highest BCUT2D eigenvalue weighted by Crippen LogP contribution is 2.22. The fraction of sp³-hybridized carbons (Fsp3) is 0.588. The summed E-state index contributed by atoms with van der Waals surface area (Å²) >= 11 is 0. The molecule has 0 unspecified atom stereocenters. The van der Waals surface area contributed by atoms with Crippen LogP contribution in [0.2, 0.25) is 0 Å². The minimum Gasteiger partial charge on any atom is -0.352 e. The van der Waals surface area contributed by atoms with E-state index in [0.717, 1.165) is 18.4 Å². The molecule has 1 heterocycles. The molecule has 1 rings (SSSR count). The number of amides is 3. The third kappa shape index (κ3) is 5.54. The van der Waals surface area contributed by atoms with Gasteiger partial charge in [-0.2, -0.15) is 0 Å². The zero-order valence-corrected chi connectivity index (χ0v) is 14.7. The Kier molecular flexibility index (Phi) is 7.51. The lowest BCUT2D eigenvalue weighted by Crippen LogP contribution is -2.51. The van der Waals surface area contributed by atoms with Crippen molar-refractivity contribution in [3.8, 4) is 0 Å². The van der Waals surface area contributed by atoms with Gasteiger partial charge in [0.1, 0.15) is 6.04 Å². The summed E-state index contributed by atoms with van der Waals surface area (Å²) in [6, 6.07) is 3.01. The highest BCUT2D eigenvalue weighted by atomic mass is 16.2. The molecular weight excluding hydrogens is 292 g/mol. The SMILES string of the molecule is CC[C@H](C)NC(=O)[C@@H](C)NC(=O)N(C)[C@@H](CC)c1ccncc1. The van der Waals surface area contributed by atoms with Gasteiger partial charge in [0, 0.05) is 25.5 Å². The molecule has 1 aromatic heterocycles. The Balaban J connectivity index is 2.66. The predicted molar refractivity (Wildman–Crippen MR) is 90.9 cm³/mol. The summed E-state index contributed by atoms with van der Waals surface area (Å²) in [7, 11) is 1.74. The molecule has 3 amide bonds. The minimum absolute atomic E-state index is 0.0529. The van der Waals surface area contributed by atoms with Gasteiger partial charge in [-0.15, -0.1) is 0 Å². The Labute approximate surface area is 138 Å². The van der Waals surface area contributed by atoms with E-state index in [1.54, 1.807) is 31.3 Å². The second-order valence-electron chi connectivity index (χ2n) is 5.80. The van der Waals surface area contributed by atoms with Gasteiger partial charge in [0.2, 0.25) is 5.91 Å². The molecule has 0 saturated carbocycles. The van der Waals surface area contributed by atoms with Crippen molar-refractivity contribution in [2.75, 3.05) is 7.05 Å². The van der Waals surface area contributed by atoms with Crippen molar-refractivity contribution in [3.63, 3.8) is 0 Å². The molecule has 0 aliphatic carbocycles. The molecule has 3 atom stereocenters. The van der Waals surface area contributed by atoms with Crippen molar-refractivity contribution in [2.24, 2.45) is 0 Å². The lowest BCUT2D eigenvalue weighted by molar-refractivity contribution is -0.123. The number of nitrogens with one attached hydrogen (secondary N) is 2. The summed E-state index contributed by atoms with van der Waals surface area (Å²) in [5.74, 6) is -0.168. The van der Waals surface area contributed by atoms with Crippen LogP contribution < -0.4 is 10.6 Å². The van der Waals surface area contributed by atoms with Gasteiger partial charge in [-0.3, -0.25) is 9.78 Å². The molecule has 0 spiro atoms. The van der Waals surface area contributed by atoms with E-state index in [9.17, 15) is 9.59 Å². The Morgan fingerprint density at radius 2 is 1.74 bits per heavy atom. The van der Waals surface area contributed by atoms with Crippen LogP contribution in [0.1, 0.15) is 52.1 Å². The molecule has 128 valence electrons. The molecular formula is C17H28N4O2. The molecule has 0 bridgehead atoms. The van der Waals surface area contributed by atoms with Gasteiger partial charge in [0.15, 0.2) is 0 Å². The third-order valence-corrected chi connectivity index (χ3v) is 4.00. The van der Waals surface area contributed by atoms with Gasteiger partial charge in [-0.05, 0) is 44.4 Å². The number of rotatable bonds is 7. The summed E-state index contributed by atoms with van der Waals surface area (Å²) in [5.41, 5.74) is 1.02. The zero-order chi connectivity index (χ0) is 17.4. The van der Waals surface area contributed by atoms with Crippen LogP contribution >= 0.6 is 0 Å². The summed E-state index contributed by atoms with van der Waals surface area (Å²) in [4.78, 5) is 30.1. The van der Waals surface area contributed by atoms with Crippen molar-refractivity contribution in [3.05, 3.63) is 30.1 Å². The molecule has 0 radical (unpaired) electrons. The smallest absolute Gasteiger partial charge is 0.318 e. The topological polar surface area (TPSA) is 74.3 Å². The number of carbonyl (C=O) groups excluding carboxylic acids is 2. The number of aromatic nitrogens is 1. The van der Waals surface area contributed by atoms with Crippen LogP contribution in [-0.2, 0) is 4.79 Å². The highest BCUT2D eigenvalue weighted by Gasteiger charge is 2.23. The van der Waals surface area contributed by atoms with Gasteiger partial charge >= 0.3 is 6.03 Å². The largest absolute Gasteiger partial charge is 0.352 e. The first-order chi connectivity index (χ1) is 10.9. The number of hydrogen-bond donors (Lipinski definition) is 2. The second-order valence-corrected chi connectivity index (χ2v) is 5.80. The first-order valence-corrected chi connectivity index (χ1v) is 8.14. The maximum absolute atomic E-state index is 12.4. The minimum atomic E-state index is -0.575. The van der Waals surface area contributed by atoms with E-state index in [0.29, 0.717) is 0 Å². The normalized spacial score (nSPS) is 14.5. The van der Waals surface area contributed by atoms with Gasteiger partial charge in [0.25, 0.3) is 0 Å². The van der Waals surface area contributed by atoms with Crippen LogP contribution in [0.4, 0.5) is 4.79 Å². The van der Waals surface area contributed by atoms with Crippen LogP contribution in [0, 0.1) is 0 Å². The van der Waals surface area contributed by atoms with Crippen LogP contribution in [0.5, 0.6) is 0 Å². The lowest BCUT2D eigenvalue weighted by atomic mass is 10.1. The summed E-state index contributed by atoms with van der Waals surface area (Å²) in [6.45, 7) is 7.66. The second kappa shape index (κ2) is 9.12. The summed E-state index contributed by atoms with van der Waals surface area (Å²) in [6.07, 6.45) is 5.06. The first-order valence-electron chi connectivity index (χ1n) is 8.14. The first kappa shape index (κ1) is 18.9. The predicted octanol–water partition coefficient (Wildman–Crippen LogP) is 2.48. The monoisotopic (exact) mass is 320 g/mol. The standard InChI is InChI=1S/C17H28N4O2/c1-6-12(3)19-16(22)13(4)20-17(23)21(5)15(7-2)14-8-10-18-11-9-14/h8-13,15H,6-7H2,1-5H3,(H,19,22)(H,20,23)/t12-,13+,15-/m0/s1. The molecule has 2 N–H and O–H groups in total. The summed E-state index contributed by atoms with van der Waals surface area (Å²) < 4.78 is 0. The number of carbonyl (C=O) groups is 2. The number of nitrogens with zero attached hydrogens (tertiary/aromatic N) is 2. The average Bonchev–Trinajstić information content (AvgIpc) is 2.55. The van der Waals surface area contributed by atoms with Crippen molar-refractivity contribution in [1.82, 2.24) is 20.5 Å². The quantitative estimate of drug-likeness (QED) is 0.810. The molecule has 0 fully saturated rings. The Hall–Kier alpha value is -2.11. The average molecular weight is 320 g/mol. The molecule has 0 saturated heterocycles. The van der Waals surface area contributed by atoms with E-state index in [4.69, 9.17) is 0 Å². The Morgan fingerprint density at radius 3 is 2.26 bits per heavy atom. The molecule has 0 aliphatic heterocycles. The molecule has 6 heteroatoms. The van der Waals surface area contributed by atoms with E-state index in [2.05, 4.69) is 15.6 Å². The summed E-state index contributed by atoms with van der Waals surface area (Å²) in [5, 5.41) is 5.62. The van der Waals surface area contributed by atoms with E-state index >= 15 is 0 Å². The molecule has 6 nitrogen and oxygen atoms in total. The van der Waals surface area contributed by atoms with Gasteiger partial charge in [-0.1, -0.05) is 13.8 Å². The Bertz CT molecular complexity index is 507. The number of hydrogen-bond acceptors (Lipinski definition) is 3. The van der Waals surface area contributed by atoms with Crippen molar-refractivity contribution < 1.29 is 9.59 Å². The van der Waals surface area contributed by atoms with Crippen molar-refractivity contribution in [2.45, 2.75) is 58.7 Å². The van der Waals surface area contributed by atoms with Crippen LogP contribution in [-0.4, -0.2) is 41.0 Å². The van der Waals surface area contributed by atoms with Gasteiger partial charge < -0.3 is 15.5 Å². The number of urea groups is 1. The fourth-order valence-corrected chi connectivity index (χ4v) is 2.28. The molecule has 23 heavy (non-hydrogen) atoms. The molecule has 0 aliphatic rings. The van der Waals surface area contributed by atoms with E-state index in [1.807, 2.05) is 32.9 Å². The molecule has 1 aromatic rings. The lowest BCUT2D eigenvalue weighted by Gasteiger charge is -2.29. The third-order valence-electron chi connectivity index (χ3n) is 4.00. The zero-order valence-electron chi connectivity index (χ0n) is 14.7. The van der Waals surface area contributed by atoms with Crippen molar-refractivity contribution >= 4 is 11.9 Å². The molecule has 0 aromatic carbocycles. The van der Waals surface area contributed by atoms with Gasteiger partial charge in [0.05, 0.1) is 6.04 Å². The van der Waals surface area contributed by atoms with E-state index in [-0.39, 0.29) is 24.0 Å². The maximum Gasteiger partial charge on any atom is 0.318 e. The maximum atomic E-state index is 12.4. The van der Waals surface area contributed by atoms with E-state index in [1.165, 1.54) is 0 Å². The highest BCUT2D eigenvalue weighted by molar-refractivity contribution is 5.86. The number of pyridine rings is 1. The van der Waals surface area contributed by atoms with E-state index < -0.39 is 6.04 Å². The van der Waals surface area contributed by atoms with Crippen LogP contribution in [0.25, 0.3) is 0 Å². The van der Waals surface area contributed by atoms with Crippen LogP contribution in [0.3, 0.4) is 0 Å². The van der Waals surface area contributed by atoms with Crippen LogP contribution in [0.15, 0.2) is 24.5 Å². The Morgan fingerprint density at radius 1 is 1.13 bits per heavy atom.